The van der Waals surface area contributed by atoms with Gasteiger partial charge in [-0.05, 0) is 61.1 Å². The van der Waals surface area contributed by atoms with Crippen LogP contribution >= 0.6 is 12.2 Å². The highest BCUT2D eigenvalue weighted by atomic mass is 32.1. The molecule has 0 bridgehead atoms. The number of thiocarbonyl (C=S) groups is 1. The Bertz CT molecular complexity index is 1270. The first-order valence-electron chi connectivity index (χ1n) is 10.1. The minimum atomic E-state index is -0.321. The summed E-state index contributed by atoms with van der Waals surface area (Å²) in [4.78, 5) is 6.57. The Morgan fingerprint density at radius 2 is 1.84 bits per heavy atom. The highest BCUT2D eigenvalue weighted by Gasteiger charge is 2.34. The van der Waals surface area contributed by atoms with E-state index in [0.29, 0.717) is 28.9 Å². The summed E-state index contributed by atoms with van der Waals surface area (Å²) in [5, 5.41) is 8.12. The quantitative estimate of drug-likeness (QED) is 0.416. The van der Waals surface area contributed by atoms with Crippen molar-refractivity contribution in [2.45, 2.75) is 19.5 Å². The third-order valence-corrected chi connectivity index (χ3v) is 5.72. The molecule has 0 aliphatic carbocycles. The summed E-state index contributed by atoms with van der Waals surface area (Å²) in [6.45, 7) is 2.44. The molecule has 0 saturated carbocycles. The van der Waals surface area contributed by atoms with Gasteiger partial charge in [0.25, 0.3) is 5.89 Å². The van der Waals surface area contributed by atoms with E-state index < -0.39 is 0 Å². The van der Waals surface area contributed by atoms with Crippen molar-refractivity contribution in [1.29, 1.82) is 0 Å². The van der Waals surface area contributed by atoms with Gasteiger partial charge in [0.15, 0.2) is 5.11 Å². The summed E-state index contributed by atoms with van der Waals surface area (Å²) in [6.07, 6.45) is 1.63. The van der Waals surface area contributed by atoms with Crippen LogP contribution in [0, 0.1) is 5.82 Å². The second-order valence-corrected chi connectivity index (χ2v) is 7.77. The zero-order valence-electron chi connectivity index (χ0n) is 17.2. The highest BCUT2D eigenvalue weighted by Crippen LogP contribution is 2.37. The molecule has 1 unspecified atom stereocenters. The maximum Gasteiger partial charge on any atom is 0.258 e. The number of furan rings is 1. The normalized spacial score (nSPS) is 16.4. The summed E-state index contributed by atoms with van der Waals surface area (Å²) in [6, 6.07) is 19.4. The van der Waals surface area contributed by atoms with Crippen LogP contribution in [0.25, 0.3) is 17.0 Å². The van der Waals surface area contributed by atoms with Crippen LogP contribution in [-0.4, -0.2) is 20.2 Å². The van der Waals surface area contributed by atoms with Crippen LogP contribution in [0.4, 0.5) is 4.39 Å². The van der Waals surface area contributed by atoms with E-state index in [0.717, 1.165) is 22.6 Å². The average molecular weight is 447 g/mol. The number of hydrogen-bond acceptors (Lipinski definition) is 5. The van der Waals surface area contributed by atoms with E-state index in [4.69, 9.17) is 21.2 Å². The molecule has 1 atom stereocenters. The van der Waals surface area contributed by atoms with Crippen LogP contribution in [0.5, 0.6) is 0 Å². The topological polar surface area (TPSA) is 67.3 Å². The van der Waals surface area contributed by atoms with E-state index >= 15 is 0 Å². The fourth-order valence-electron chi connectivity index (χ4n) is 3.75. The zero-order chi connectivity index (χ0) is 22.1. The summed E-state index contributed by atoms with van der Waals surface area (Å²) in [5.41, 5.74) is 3.39. The first kappa shape index (κ1) is 20.1. The third kappa shape index (κ3) is 3.80. The molecule has 32 heavy (non-hydrogen) atoms. The number of allylic oxidation sites excluding steroid dienone is 1. The number of nitrogens with zero attached hydrogens (tertiary/aromatic N) is 3. The van der Waals surface area contributed by atoms with Gasteiger partial charge >= 0.3 is 0 Å². The van der Waals surface area contributed by atoms with E-state index in [2.05, 4.69) is 15.5 Å². The second kappa shape index (κ2) is 8.39. The van der Waals surface area contributed by atoms with Crippen LogP contribution in [0.1, 0.15) is 30.2 Å². The standard InChI is InChI=1S/C24H19FN4O2S/c1-15-20(23-27-22(28-31-23)17-9-11-18(25)12-10-17)21(16-6-3-2-4-7-16)26-24(32)29(15)14-19-8-5-13-30-19/h2-13,21H,14H2,1H3,(H,26,32). The number of benzene rings is 2. The average Bonchev–Trinajstić information content (AvgIpc) is 3.50. The van der Waals surface area contributed by atoms with Gasteiger partial charge in [0.2, 0.25) is 5.82 Å². The number of halogens is 1. The van der Waals surface area contributed by atoms with Crippen molar-refractivity contribution < 1.29 is 13.3 Å². The largest absolute Gasteiger partial charge is 0.467 e. The van der Waals surface area contributed by atoms with Gasteiger partial charge < -0.3 is 19.2 Å². The van der Waals surface area contributed by atoms with Crippen molar-refractivity contribution in [2.75, 3.05) is 0 Å². The van der Waals surface area contributed by atoms with E-state index in [9.17, 15) is 4.39 Å². The molecule has 160 valence electrons. The number of nitrogens with one attached hydrogen (secondary N) is 1. The maximum atomic E-state index is 13.3. The zero-order valence-corrected chi connectivity index (χ0v) is 18.0. The number of hydrogen-bond donors (Lipinski definition) is 1. The number of aromatic nitrogens is 2. The van der Waals surface area contributed by atoms with Crippen LogP contribution in [0.3, 0.4) is 0 Å². The lowest BCUT2D eigenvalue weighted by Crippen LogP contribution is -2.45. The van der Waals surface area contributed by atoms with Gasteiger partial charge in [-0.1, -0.05) is 35.5 Å². The summed E-state index contributed by atoms with van der Waals surface area (Å²) < 4.78 is 24.5. The Morgan fingerprint density at radius 1 is 1.06 bits per heavy atom. The lowest BCUT2D eigenvalue weighted by Gasteiger charge is -2.37. The Hall–Kier alpha value is -3.78. The van der Waals surface area contributed by atoms with Gasteiger partial charge in [0, 0.05) is 11.3 Å². The lowest BCUT2D eigenvalue weighted by atomic mass is 9.95. The predicted octanol–water partition coefficient (Wildman–Crippen LogP) is 5.33. The van der Waals surface area contributed by atoms with Gasteiger partial charge in [-0.3, -0.25) is 0 Å². The smallest absolute Gasteiger partial charge is 0.258 e. The van der Waals surface area contributed by atoms with Crippen molar-refractivity contribution in [3.05, 3.63) is 102 Å². The molecule has 1 aliphatic heterocycles. The summed E-state index contributed by atoms with van der Waals surface area (Å²) in [5.74, 6) is 1.22. The summed E-state index contributed by atoms with van der Waals surface area (Å²) >= 11 is 5.69. The van der Waals surface area contributed by atoms with E-state index in [1.165, 1.54) is 12.1 Å². The highest BCUT2D eigenvalue weighted by molar-refractivity contribution is 7.80. The van der Waals surface area contributed by atoms with Crippen LogP contribution in [-0.2, 0) is 6.54 Å². The van der Waals surface area contributed by atoms with Crippen molar-refractivity contribution >= 4 is 22.9 Å². The van der Waals surface area contributed by atoms with Crippen molar-refractivity contribution in [3.63, 3.8) is 0 Å². The van der Waals surface area contributed by atoms with Crippen molar-refractivity contribution in [3.8, 4) is 11.4 Å². The lowest BCUT2D eigenvalue weighted by molar-refractivity contribution is 0.382. The second-order valence-electron chi connectivity index (χ2n) is 7.39. The number of rotatable bonds is 5. The van der Waals surface area contributed by atoms with Gasteiger partial charge in [0.05, 0.1) is 24.4 Å². The maximum absolute atomic E-state index is 13.3. The van der Waals surface area contributed by atoms with Gasteiger partial charge in [0.1, 0.15) is 11.6 Å². The SMILES string of the molecule is CC1=C(c2nc(-c3ccc(F)cc3)no2)C(c2ccccc2)NC(=S)N1Cc1ccco1. The first-order valence-corrected chi connectivity index (χ1v) is 10.5. The monoisotopic (exact) mass is 446 g/mol. The molecule has 2 aromatic carbocycles. The molecule has 2 aromatic heterocycles. The molecule has 8 heteroatoms. The Morgan fingerprint density at radius 3 is 2.56 bits per heavy atom. The molecule has 0 amide bonds. The molecule has 0 saturated heterocycles. The van der Waals surface area contributed by atoms with E-state index in [1.54, 1.807) is 18.4 Å². The van der Waals surface area contributed by atoms with E-state index in [1.807, 2.05) is 54.3 Å². The van der Waals surface area contributed by atoms with Crippen LogP contribution < -0.4 is 5.32 Å². The summed E-state index contributed by atoms with van der Waals surface area (Å²) in [7, 11) is 0. The molecular formula is C24H19FN4O2S. The molecular weight excluding hydrogens is 427 g/mol. The van der Waals surface area contributed by atoms with E-state index in [-0.39, 0.29) is 11.9 Å². The van der Waals surface area contributed by atoms with Gasteiger partial charge in [-0.15, -0.1) is 0 Å². The minimum Gasteiger partial charge on any atom is -0.467 e. The van der Waals surface area contributed by atoms with Crippen LogP contribution in [0.2, 0.25) is 0 Å². The molecule has 1 N–H and O–H groups in total. The first-order chi connectivity index (χ1) is 15.6. The third-order valence-electron chi connectivity index (χ3n) is 5.38. The Balaban J connectivity index is 1.59. The Labute approximate surface area is 189 Å². The molecule has 0 spiro atoms. The van der Waals surface area contributed by atoms with Gasteiger partial charge in [-0.2, -0.15) is 4.98 Å². The molecule has 1 aliphatic rings. The molecule has 6 nitrogen and oxygen atoms in total. The van der Waals surface area contributed by atoms with Crippen molar-refractivity contribution in [1.82, 2.24) is 20.4 Å². The van der Waals surface area contributed by atoms with Crippen molar-refractivity contribution in [2.24, 2.45) is 0 Å². The molecule has 4 aromatic rings. The predicted molar refractivity (Wildman–Crippen MR) is 121 cm³/mol. The van der Waals surface area contributed by atoms with Gasteiger partial charge in [-0.25, -0.2) is 4.39 Å². The molecule has 0 fully saturated rings. The molecule has 3 heterocycles. The molecule has 0 radical (unpaired) electrons. The Kier molecular flexibility index (Phi) is 5.28. The fourth-order valence-corrected chi connectivity index (χ4v) is 4.07. The van der Waals surface area contributed by atoms with Crippen LogP contribution in [0.15, 0.2) is 87.6 Å². The minimum absolute atomic E-state index is 0.266. The fraction of sp³-hybridized carbons (Fsp3) is 0.125. The molecule has 5 rings (SSSR count).